The zero-order valence-corrected chi connectivity index (χ0v) is 28.2. The van der Waals surface area contributed by atoms with E-state index in [0.717, 1.165) is 6.42 Å². The molecule has 5 rings (SSSR count). The lowest BCUT2D eigenvalue weighted by molar-refractivity contribution is -0.277. The second kappa shape index (κ2) is 14.2. The first-order valence-electron chi connectivity index (χ1n) is 16.2. The minimum absolute atomic E-state index is 0.0137. The van der Waals surface area contributed by atoms with Gasteiger partial charge in [-0.1, -0.05) is 31.6 Å². The molecule has 0 spiro atoms. The highest BCUT2D eigenvalue weighted by Gasteiger charge is 2.54. The molecule has 10 atom stereocenters. The summed E-state index contributed by atoms with van der Waals surface area (Å²) >= 11 is 0. The van der Waals surface area contributed by atoms with E-state index in [4.69, 9.17) is 28.4 Å². The third kappa shape index (κ3) is 7.48. The molecule has 258 valence electrons. The highest BCUT2D eigenvalue weighted by Crippen LogP contribution is 2.49. The Hall–Kier alpha value is -3.13. The summed E-state index contributed by atoms with van der Waals surface area (Å²) in [5, 5.41) is 20.8. The van der Waals surface area contributed by atoms with Gasteiger partial charge in [-0.05, 0) is 68.6 Å². The Kier molecular flexibility index (Phi) is 10.6. The van der Waals surface area contributed by atoms with E-state index in [1.54, 1.807) is 30.3 Å². The van der Waals surface area contributed by atoms with Crippen molar-refractivity contribution < 1.29 is 48.2 Å². The van der Waals surface area contributed by atoms with Gasteiger partial charge in [0.1, 0.15) is 23.9 Å². The molecule has 1 fully saturated rings. The molecule has 12 nitrogen and oxygen atoms in total. The number of carbonyl (C=O) groups excluding carboxylic acids is 2. The minimum atomic E-state index is -1.39. The molecule has 1 aromatic heterocycles. The normalized spacial score (nSPS) is 37.1. The average Bonchev–Trinajstić information content (AvgIpc) is 3.61. The van der Waals surface area contributed by atoms with Crippen LogP contribution in [0.25, 0.3) is 6.08 Å². The summed E-state index contributed by atoms with van der Waals surface area (Å²) in [4.78, 5) is 29.4. The van der Waals surface area contributed by atoms with Crippen LogP contribution in [0.5, 0.6) is 0 Å². The van der Waals surface area contributed by atoms with Gasteiger partial charge in [0.2, 0.25) is 5.79 Å². The lowest BCUT2D eigenvalue weighted by atomic mass is 9.65. The summed E-state index contributed by atoms with van der Waals surface area (Å²) < 4.78 is 38.1. The van der Waals surface area contributed by atoms with Crippen LogP contribution in [0.4, 0.5) is 0 Å². The van der Waals surface area contributed by atoms with Crippen LogP contribution in [-0.4, -0.2) is 94.1 Å². The van der Waals surface area contributed by atoms with E-state index in [0.29, 0.717) is 23.6 Å². The van der Waals surface area contributed by atoms with Crippen molar-refractivity contribution in [3.63, 3.8) is 0 Å². The van der Waals surface area contributed by atoms with Crippen LogP contribution in [-0.2, 0) is 45.1 Å². The number of allylic oxidation sites excluding steroid dienone is 3. The van der Waals surface area contributed by atoms with Crippen LogP contribution >= 0.6 is 0 Å². The van der Waals surface area contributed by atoms with Crippen LogP contribution in [0.1, 0.15) is 53.2 Å². The number of hydrogen-bond acceptors (Lipinski definition) is 11. The van der Waals surface area contributed by atoms with Gasteiger partial charge in [-0.25, -0.2) is 9.78 Å². The SMILES string of the molecule is CO[C@]12C=C[C@](C)(O1)[C@@H](OC(=O)C=Cc1cn(C)cn1)C[C@H]1C(C)=CC[C@H](C(C)C)[C@H]1C=C2COC1OCC(O)C(O)C1OC(C)=O. The maximum Gasteiger partial charge on any atom is 0.331 e. The molecule has 47 heavy (non-hydrogen) atoms. The number of aromatic nitrogens is 2. The smallest absolute Gasteiger partial charge is 0.331 e. The highest BCUT2D eigenvalue weighted by atomic mass is 16.7. The monoisotopic (exact) mass is 656 g/mol. The number of imidazole rings is 1. The predicted molar refractivity (Wildman–Crippen MR) is 170 cm³/mol. The summed E-state index contributed by atoms with van der Waals surface area (Å²) in [7, 11) is 3.40. The summed E-state index contributed by atoms with van der Waals surface area (Å²) in [5.41, 5.74) is 1.43. The Morgan fingerprint density at radius 3 is 2.66 bits per heavy atom. The molecule has 2 N–H and O–H groups in total. The maximum absolute atomic E-state index is 13.3. The van der Waals surface area contributed by atoms with E-state index in [1.165, 1.54) is 18.6 Å². The number of rotatable bonds is 9. The van der Waals surface area contributed by atoms with Gasteiger partial charge >= 0.3 is 11.9 Å². The quantitative estimate of drug-likeness (QED) is 0.229. The van der Waals surface area contributed by atoms with Crippen LogP contribution in [0.2, 0.25) is 0 Å². The van der Waals surface area contributed by atoms with Gasteiger partial charge in [0.05, 0.1) is 25.2 Å². The molecule has 12 heteroatoms. The Morgan fingerprint density at radius 1 is 1.23 bits per heavy atom. The summed E-state index contributed by atoms with van der Waals surface area (Å²) in [6.07, 6.45) is 10.3. The molecule has 4 unspecified atom stereocenters. The lowest BCUT2D eigenvalue weighted by Crippen LogP contribution is -2.55. The van der Waals surface area contributed by atoms with Crippen LogP contribution in [0.3, 0.4) is 0 Å². The first kappa shape index (κ1) is 35.2. The van der Waals surface area contributed by atoms with E-state index in [9.17, 15) is 19.8 Å². The van der Waals surface area contributed by atoms with E-state index in [2.05, 4.69) is 37.9 Å². The Morgan fingerprint density at radius 2 is 2.00 bits per heavy atom. The molecule has 2 bridgehead atoms. The van der Waals surface area contributed by atoms with E-state index in [-0.39, 0.29) is 31.0 Å². The van der Waals surface area contributed by atoms with E-state index in [1.807, 2.05) is 26.1 Å². The fourth-order valence-electron chi connectivity index (χ4n) is 7.17. The zero-order chi connectivity index (χ0) is 34.1. The van der Waals surface area contributed by atoms with Gasteiger partial charge in [0.25, 0.3) is 0 Å². The Balaban J connectivity index is 1.49. The molecule has 4 heterocycles. The number of ether oxygens (including phenoxy) is 6. The number of aryl methyl sites for hydroxylation is 1. The van der Waals surface area contributed by atoms with Crippen molar-refractivity contribution in [2.45, 2.75) is 89.6 Å². The fourth-order valence-corrected chi connectivity index (χ4v) is 7.17. The molecule has 0 radical (unpaired) electrons. The van der Waals surface area contributed by atoms with Crippen LogP contribution in [0, 0.1) is 23.7 Å². The van der Waals surface area contributed by atoms with Crippen LogP contribution in [0.15, 0.2) is 54.1 Å². The third-order valence-corrected chi connectivity index (χ3v) is 9.88. The van der Waals surface area contributed by atoms with Crippen molar-refractivity contribution in [2.75, 3.05) is 20.3 Å². The van der Waals surface area contributed by atoms with Crippen molar-refractivity contribution in [3.05, 3.63) is 59.7 Å². The Bertz CT molecular complexity index is 1430. The topological polar surface area (TPSA) is 148 Å². The molecule has 4 aliphatic rings. The molecule has 1 saturated heterocycles. The van der Waals surface area contributed by atoms with Crippen molar-refractivity contribution in [1.29, 1.82) is 0 Å². The number of aliphatic hydroxyl groups excluding tert-OH is 2. The molecular formula is C35H48N2O10. The standard InChI is InChI=1S/C35H48N2O10/c1-20(2)25-10-8-21(3)26-15-29(46-30(40)11-9-24-16-37(6)19-36-24)34(5)12-13-35(42-7,47-34)23(14-27(25)26)17-43-33-32(45-22(4)38)31(41)28(39)18-44-33/h8-9,11-14,16,19-20,25-29,31-33,39,41H,10,15,17-18H2,1-7H3/t25-,26+,27-,28?,29+,31?,32?,33?,34+,35-/m1/s1. The van der Waals surface area contributed by atoms with Gasteiger partial charge in [-0.2, -0.15) is 0 Å². The van der Waals surface area contributed by atoms with Crippen molar-refractivity contribution in [3.8, 4) is 0 Å². The summed E-state index contributed by atoms with van der Waals surface area (Å²) in [6.45, 7) is 9.36. The molecule has 0 saturated carbocycles. The number of esters is 2. The molecule has 3 aliphatic heterocycles. The van der Waals surface area contributed by atoms with Crippen molar-refractivity contribution >= 4 is 18.0 Å². The van der Waals surface area contributed by atoms with E-state index >= 15 is 0 Å². The summed E-state index contributed by atoms with van der Waals surface area (Å²) in [5.74, 6) is -1.90. The zero-order valence-electron chi connectivity index (χ0n) is 28.2. The molecule has 0 amide bonds. The van der Waals surface area contributed by atoms with Gasteiger partial charge < -0.3 is 43.2 Å². The Labute approximate surface area is 276 Å². The molecule has 0 aromatic carbocycles. The number of nitrogens with zero attached hydrogens (tertiary/aromatic N) is 2. The number of carbonyl (C=O) groups is 2. The first-order valence-corrected chi connectivity index (χ1v) is 16.2. The number of aliphatic hydroxyl groups is 2. The van der Waals surface area contributed by atoms with Gasteiger partial charge in [-0.3, -0.25) is 4.79 Å². The predicted octanol–water partition coefficient (Wildman–Crippen LogP) is 3.24. The third-order valence-electron chi connectivity index (χ3n) is 9.88. The second-order valence-corrected chi connectivity index (χ2v) is 13.6. The van der Waals surface area contributed by atoms with E-state index < -0.39 is 54.0 Å². The maximum atomic E-state index is 13.3. The lowest BCUT2D eigenvalue weighted by Gasteiger charge is -2.41. The van der Waals surface area contributed by atoms with Crippen LogP contribution < -0.4 is 0 Å². The molecular weight excluding hydrogens is 608 g/mol. The van der Waals surface area contributed by atoms with Gasteiger partial charge in [0, 0.05) is 38.9 Å². The second-order valence-electron chi connectivity index (χ2n) is 13.6. The first-order chi connectivity index (χ1) is 22.2. The highest BCUT2D eigenvalue weighted by molar-refractivity contribution is 5.86. The molecule has 1 aliphatic carbocycles. The van der Waals surface area contributed by atoms with Gasteiger partial charge in [-0.15, -0.1) is 0 Å². The summed E-state index contributed by atoms with van der Waals surface area (Å²) in [6, 6.07) is 0. The minimum Gasteiger partial charge on any atom is -0.456 e. The number of methoxy groups -OCH3 is 1. The van der Waals surface area contributed by atoms with Crippen molar-refractivity contribution in [2.24, 2.45) is 30.7 Å². The average molecular weight is 657 g/mol. The number of fused-ring (bicyclic) bond motifs is 3. The largest absolute Gasteiger partial charge is 0.456 e. The van der Waals surface area contributed by atoms with Crippen molar-refractivity contribution in [1.82, 2.24) is 9.55 Å². The molecule has 1 aromatic rings. The fraction of sp³-hybridized carbons (Fsp3) is 0.629. The van der Waals surface area contributed by atoms with Gasteiger partial charge in [0.15, 0.2) is 12.4 Å². The number of hydrogen-bond donors (Lipinski definition) is 2.